The largest absolute Gasteiger partial charge is 0.462 e. The van der Waals surface area contributed by atoms with Crippen LogP contribution in [0.4, 0.5) is 0 Å². The van der Waals surface area contributed by atoms with E-state index in [1.54, 1.807) is 0 Å². The van der Waals surface area contributed by atoms with Crippen LogP contribution < -0.4 is 0 Å². The quantitative estimate of drug-likeness (QED) is 0.0380. The number of hydrogen-bond acceptors (Lipinski definition) is 5. The topological polar surface area (TPSA) is 72.8 Å². The lowest BCUT2D eigenvalue weighted by molar-refractivity contribution is -0.161. The van der Waals surface area contributed by atoms with E-state index in [1.807, 2.05) is 0 Å². The Balaban J connectivity index is 3.53. The molecule has 0 rings (SSSR count). The Labute approximate surface area is 346 Å². The summed E-state index contributed by atoms with van der Waals surface area (Å²) < 4.78 is 10.6. The Hall–Kier alpha value is -2.92. The zero-order chi connectivity index (χ0) is 40.7. The Morgan fingerprint density at radius 2 is 0.768 bits per heavy atom. The minimum absolute atomic E-state index is 0.0765. The van der Waals surface area contributed by atoms with Crippen LogP contribution in [0.25, 0.3) is 0 Å². The van der Waals surface area contributed by atoms with E-state index in [9.17, 15) is 14.7 Å². The summed E-state index contributed by atoms with van der Waals surface area (Å²) in [6.45, 7) is 3.94. The molecule has 5 heteroatoms. The second kappa shape index (κ2) is 46.5. The van der Waals surface area contributed by atoms with Crippen molar-refractivity contribution < 1.29 is 24.2 Å². The Morgan fingerprint density at radius 1 is 0.429 bits per heavy atom. The lowest BCUT2D eigenvalue weighted by Crippen LogP contribution is -2.28. The van der Waals surface area contributed by atoms with Gasteiger partial charge in [0.2, 0.25) is 0 Å². The molecule has 0 aliphatic rings. The van der Waals surface area contributed by atoms with Crippen LogP contribution in [0.5, 0.6) is 0 Å². The summed E-state index contributed by atoms with van der Waals surface area (Å²) in [6, 6.07) is 0. The molecular weight excluding hydrogens is 693 g/mol. The van der Waals surface area contributed by atoms with Gasteiger partial charge in [-0.2, -0.15) is 0 Å². The van der Waals surface area contributed by atoms with Crippen LogP contribution in [0.15, 0.2) is 85.1 Å². The third-order valence-electron chi connectivity index (χ3n) is 9.65. The molecule has 0 spiro atoms. The molecule has 1 N–H and O–H groups in total. The van der Waals surface area contributed by atoms with E-state index in [2.05, 4.69) is 98.9 Å². The summed E-state index contributed by atoms with van der Waals surface area (Å²) in [7, 11) is 0. The van der Waals surface area contributed by atoms with Crippen molar-refractivity contribution in [2.75, 3.05) is 13.2 Å². The monoisotopic (exact) mass is 779 g/mol. The normalized spacial score (nSPS) is 13.0. The minimum Gasteiger partial charge on any atom is -0.462 e. The van der Waals surface area contributed by atoms with Gasteiger partial charge in [0, 0.05) is 12.8 Å². The van der Waals surface area contributed by atoms with Gasteiger partial charge in [0.15, 0.2) is 6.10 Å². The molecule has 5 nitrogen and oxygen atoms in total. The second-order valence-electron chi connectivity index (χ2n) is 15.1. The highest BCUT2D eigenvalue weighted by Gasteiger charge is 2.16. The number of rotatable bonds is 41. The molecule has 0 fully saturated rings. The Morgan fingerprint density at radius 3 is 1.16 bits per heavy atom. The van der Waals surface area contributed by atoms with Crippen LogP contribution in [-0.4, -0.2) is 36.4 Å². The van der Waals surface area contributed by atoms with Gasteiger partial charge in [0.05, 0.1) is 6.61 Å². The molecule has 0 saturated heterocycles. The predicted octanol–water partition coefficient (Wildman–Crippen LogP) is 15.1. The molecule has 0 aliphatic heterocycles. The van der Waals surface area contributed by atoms with Crippen LogP contribution in [0, 0.1) is 0 Å². The van der Waals surface area contributed by atoms with E-state index < -0.39 is 6.10 Å². The highest BCUT2D eigenvalue weighted by molar-refractivity contribution is 5.70. The molecule has 56 heavy (non-hydrogen) atoms. The van der Waals surface area contributed by atoms with Gasteiger partial charge >= 0.3 is 11.9 Å². The first-order chi connectivity index (χ1) is 27.6. The lowest BCUT2D eigenvalue weighted by atomic mass is 10.0. The van der Waals surface area contributed by atoms with Crippen molar-refractivity contribution in [1.29, 1.82) is 0 Å². The minimum atomic E-state index is -0.781. The average Bonchev–Trinajstić information content (AvgIpc) is 3.20. The second-order valence-corrected chi connectivity index (χ2v) is 15.1. The van der Waals surface area contributed by atoms with Crippen molar-refractivity contribution in [3.05, 3.63) is 85.1 Å². The summed E-state index contributed by atoms with van der Waals surface area (Å²) in [5.41, 5.74) is 0. The van der Waals surface area contributed by atoms with Crippen molar-refractivity contribution in [3.63, 3.8) is 0 Å². The number of carbonyl (C=O) groups excluding carboxylic acids is 2. The molecule has 0 aromatic heterocycles. The van der Waals surface area contributed by atoms with Crippen LogP contribution >= 0.6 is 0 Å². The SMILES string of the molecule is CC/C=C\C/C=C\C/C=C\C/C=C\C/C=C\CCCCCCCCCCCCCCCC(=O)OC(CO)COC(=O)CCCCCCC/C=C\C/C=C\CCC. The summed E-state index contributed by atoms with van der Waals surface area (Å²) in [5, 5.41) is 9.58. The van der Waals surface area contributed by atoms with E-state index in [0.717, 1.165) is 89.9 Å². The molecule has 0 aromatic carbocycles. The fraction of sp³-hybridized carbons (Fsp3) is 0.686. The number of aliphatic hydroxyl groups is 1. The first kappa shape index (κ1) is 53.1. The molecule has 0 aromatic rings. The van der Waals surface area contributed by atoms with Gasteiger partial charge in [0.1, 0.15) is 6.61 Å². The number of unbranched alkanes of at least 4 members (excludes halogenated alkanes) is 19. The number of esters is 2. The number of carbonyl (C=O) groups is 2. The molecule has 1 unspecified atom stereocenters. The number of ether oxygens (including phenoxy) is 2. The van der Waals surface area contributed by atoms with E-state index in [1.165, 1.54) is 89.9 Å². The fourth-order valence-electron chi connectivity index (χ4n) is 6.21. The van der Waals surface area contributed by atoms with E-state index in [4.69, 9.17) is 9.47 Å². The lowest BCUT2D eigenvalue weighted by Gasteiger charge is -2.15. The molecule has 0 bridgehead atoms. The molecule has 1 atom stereocenters. The maximum absolute atomic E-state index is 12.2. The molecule has 0 saturated carbocycles. The summed E-state index contributed by atoms with van der Waals surface area (Å²) in [4.78, 5) is 24.3. The van der Waals surface area contributed by atoms with Crippen molar-refractivity contribution >= 4 is 11.9 Å². The maximum Gasteiger partial charge on any atom is 0.306 e. The third kappa shape index (κ3) is 43.8. The van der Waals surface area contributed by atoms with Crippen LogP contribution in [-0.2, 0) is 19.1 Å². The van der Waals surface area contributed by atoms with Gasteiger partial charge in [0.25, 0.3) is 0 Å². The molecule has 0 aliphatic carbocycles. The van der Waals surface area contributed by atoms with E-state index in [-0.39, 0.29) is 25.2 Å². The molecule has 0 radical (unpaired) electrons. The summed E-state index contributed by atoms with van der Waals surface area (Å²) >= 11 is 0. The molecule has 320 valence electrons. The Kier molecular flexibility index (Phi) is 44.0. The van der Waals surface area contributed by atoms with Gasteiger partial charge in [-0.3, -0.25) is 9.59 Å². The van der Waals surface area contributed by atoms with Crippen molar-refractivity contribution in [2.45, 2.75) is 213 Å². The van der Waals surface area contributed by atoms with Crippen molar-refractivity contribution in [1.82, 2.24) is 0 Å². The highest BCUT2D eigenvalue weighted by atomic mass is 16.6. The van der Waals surface area contributed by atoms with E-state index >= 15 is 0 Å². The summed E-state index contributed by atoms with van der Waals surface area (Å²) in [5.74, 6) is -0.612. The number of allylic oxidation sites excluding steroid dienone is 14. The zero-order valence-electron chi connectivity index (χ0n) is 36.4. The average molecular weight is 779 g/mol. The standard InChI is InChI=1S/C51H86O5/c1-3-5-7-9-11-13-15-17-18-19-20-21-22-23-24-25-26-27-28-29-30-31-32-34-36-38-40-42-44-46-51(54)56-49(47-52)48-55-50(53)45-43-41-39-37-35-33-16-14-12-10-8-6-4-2/h5,7-8,10-11,13-14,16-18,20-21,23-24,49,52H,3-4,6,9,12,15,19,22,25-48H2,1-2H3/b7-5-,10-8-,13-11-,16-14-,18-17-,21-20-,24-23-. The zero-order valence-corrected chi connectivity index (χ0v) is 36.4. The smallest absolute Gasteiger partial charge is 0.306 e. The number of aliphatic hydroxyl groups excluding tert-OH is 1. The fourth-order valence-corrected chi connectivity index (χ4v) is 6.21. The van der Waals surface area contributed by atoms with Crippen molar-refractivity contribution in [2.24, 2.45) is 0 Å². The summed E-state index contributed by atoms with van der Waals surface area (Å²) in [6.07, 6.45) is 63.8. The molecule has 0 amide bonds. The molecular formula is C51H86O5. The first-order valence-electron chi connectivity index (χ1n) is 23.1. The predicted molar refractivity (Wildman–Crippen MR) is 242 cm³/mol. The van der Waals surface area contributed by atoms with Gasteiger partial charge < -0.3 is 14.6 Å². The van der Waals surface area contributed by atoms with Crippen LogP contribution in [0.3, 0.4) is 0 Å². The van der Waals surface area contributed by atoms with Gasteiger partial charge in [-0.05, 0) is 83.5 Å². The van der Waals surface area contributed by atoms with Crippen molar-refractivity contribution in [3.8, 4) is 0 Å². The van der Waals surface area contributed by atoms with Gasteiger partial charge in [-0.25, -0.2) is 0 Å². The highest BCUT2D eigenvalue weighted by Crippen LogP contribution is 2.14. The van der Waals surface area contributed by atoms with Crippen LogP contribution in [0.2, 0.25) is 0 Å². The maximum atomic E-state index is 12.2. The molecule has 0 heterocycles. The van der Waals surface area contributed by atoms with Gasteiger partial charge in [-0.1, -0.05) is 195 Å². The first-order valence-corrected chi connectivity index (χ1v) is 23.1. The number of hydrogen-bond donors (Lipinski definition) is 1. The van der Waals surface area contributed by atoms with Gasteiger partial charge in [-0.15, -0.1) is 0 Å². The van der Waals surface area contributed by atoms with E-state index in [0.29, 0.717) is 12.8 Å². The van der Waals surface area contributed by atoms with Crippen LogP contribution in [0.1, 0.15) is 206 Å². The third-order valence-corrected chi connectivity index (χ3v) is 9.65. The Bertz CT molecular complexity index is 1060.